The Balaban J connectivity index is 2.51. The number of unbranched alkanes of at least 4 members (excludes halogenated alkanes) is 1. The Morgan fingerprint density at radius 3 is 2.81 bits per heavy atom. The molecule has 4 heteroatoms. The van der Waals surface area contributed by atoms with Gasteiger partial charge in [-0.2, -0.15) is 0 Å². The first-order valence-corrected chi connectivity index (χ1v) is 5.49. The van der Waals surface area contributed by atoms with Crippen molar-refractivity contribution < 1.29 is 13.9 Å². The predicted octanol–water partition coefficient (Wildman–Crippen LogP) is 2.39. The van der Waals surface area contributed by atoms with Crippen LogP contribution in [0.1, 0.15) is 31.4 Å². The first-order chi connectivity index (χ1) is 7.65. The molecule has 0 aromatic heterocycles. The Labute approximate surface area is 94.3 Å². The highest BCUT2D eigenvalue weighted by Gasteiger charge is 2.13. The van der Waals surface area contributed by atoms with Gasteiger partial charge in [0.25, 0.3) is 0 Å². The quantitative estimate of drug-likeness (QED) is 0.734. The summed E-state index contributed by atoms with van der Waals surface area (Å²) in [6.45, 7) is 3.06. The molecule has 2 nitrogen and oxygen atoms in total. The Hall–Kier alpha value is -1.00. The van der Waals surface area contributed by atoms with Crippen molar-refractivity contribution >= 4 is 0 Å². The summed E-state index contributed by atoms with van der Waals surface area (Å²) in [6, 6.07) is 3.09. The zero-order chi connectivity index (χ0) is 12.0. The molecule has 0 heterocycles. The van der Waals surface area contributed by atoms with Crippen LogP contribution in [0.3, 0.4) is 0 Å². The number of aliphatic hydroxyl groups excluding tert-OH is 1. The lowest BCUT2D eigenvalue weighted by Crippen LogP contribution is -2.23. The third kappa shape index (κ3) is 3.87. The third-order valence-electron chi connectivity index (χ3n) is 2.36. The van der Waals surface area contributed by atoms with Crippen LogP contribution in [0.15, 0.2) is 18.2 Å². The summed E-state index contributed by atoms with van der Waals surface area (Å²) in [7, 11) is 0. The van der Waals surface area contributed by atoms with E-state index in [1.807, 2.05) is 0 Å². The van der Waals surface area contributed by atoms with Gasteiger partial charge in [0.1, 0.15) is 11.6 Å². The highest BCUT2D eigenvalue weighted by Crippen LogP contribution is 2.17. The van der Waals surface area contributed by atoms with Gasteiger partial charge in [0.15, 0.2) is 0 Å². The lowest BCUT2D eigenvalue weighted by molar-refractivity contribution is 0.169. The van der Waals surface area contributed by atoms with Gasteiger partial charge in [-0.15, -0.1) is 0 Å². The largest absolute Gasteiger partial charge is 0.387 e. The van der Waals surface area contributed by atoms with Crippen molar-refractivity contribution in [2.75, 3.05) is 13.1 Å². The topological polar surface area (TPSA) is 32.3 Å². The summed E-state index contributed by atoms with van der Waals surface area (Å²) in [5.74, 6) is -1.12. The van der Waals surface area contributed by atoms with Crippen molar-refractivity contribution in [1.82, 2.24) is 5.32 Å². The van der Waals surface area contributed by atoms with Gasteiger partial charge in [-0.3, -0.25) is 0 Å². The van der Waals surface area contributed by atoms with E-state index in [0.29, 0.717) is 0 Å². The third-order valence-corrected chi connectivity index (χ3v) is 2.36. The molecule has 0 radical (unpaired) electrons. The summed E-state index contributed by atoms with van der Waals surface area (Å²) in [5.41, 5.74) is 0.00370. The fourth-order valence-corrected chi connectivity index (χ4v) is 1.42. The molecule has 0 aliphatic heterocycles. The minimum absolute atomic E-state index is 0.00370. The second-order valence-corrected chi connectivity index (χ2v) is 3.74. The Morgan fingerprint density at radius 1 is 1.38 bits per heavy atom. The standard InChI is InChI=1S/C12H17F2NO/c1-2-3-6-15-8-12(16)10-7-9(13)4-5-11(10)14/h4-5,7,12,15-16H,2-3,6,8H2,1H3. The number of nitrogens with one attached hydrogen (secondary N) is 1. The van der Waals surface area contributed by atoms with Crippen molar-refractivity contribution in [3.05, 3.63) is 35.4 Å². The molecule has 0 spiro atoms. The van der Waals surface area contributed by atoms with Crippen LogP contribution in [0.5, 0.6) is 0 Å². The van der Waals surface area contributed by atoms with Crippen molar-refractivity contribution in [3.8, 4) is 0 Å². The van der Waals surface area contributed by atoms with Gasteiger partial charge in [-0.1, -0.05) is 13.3 Å². The summed E-state index contributed by atoms with van der Waals surface area (Å²) in [5, 5.41) is 12.6. The van der Waals surface area contributed by atoms with Gasteiger partial charge in [-0.05, 0) is 31.2 Å². The average Bonchev–Trinajstić information content (AvgIpc) is 2.27. The monoisotopic (exact) mass is 229 g/mol. The average molecular weight is 229 g/mol. The number of rotatable bonds is 6. The lowest BCUT2D eigenvalue weighted by atomic mass is 10.1. The van der Waals surface area contributed by atoms with Crippen LogP contribution >= 0.6 is 0 Å². The van der Waals surface area contributed by atoms with Crippen LogP contribution in [-0.4, -0.2) is 18.2 Å². The molecule has 1 atom stereocenters. The van der Waals surface area contributed by atoms with Gasteiger partial charge >= 0.3 is 0 Å². The van der Waals surface area contributed by atoms with E-state index in [4.69, 9.17) is 0 Å². The van der Waals surface area contributed by atoms with Gasteiger partial charge in [0.2, 0.25) is 0 Å². The number of halogens is 2. The van der Waals surface area contributed by atoms with E-state index < -0.39 is 17.7 Å². The maximum atomic E-state index is 13.2. The van der Waals surface area contributed by atoms with Crippen molar-refractivity contribution in [2.24, 2.45) is 0 Å². The fraction of sp³-hybridized carbons (Fsp3) is 0.500. The molecule has 0 aliphatic rings. The zero-order valence-electron chi connectivity index (χ0n) is 9.34. The van der Waals surface area contributed by atoms with Crippen LogP contribution in [0.2, 0.25) is 0 Å². The zero-order valence-corrected chi connectivity index (χ0v) is 9.34. The van der Waals surface area contributed by atoms with Crippen molar-refractivity contribution in [3.63, 3.8) is 0 Å². The van der Waals surface area contributed by atoms with Crippen LogP contribution in [0, 0.1) is 11.6 Å². The highest BCUT2D eigenvalue weighted by molar-refractivity contribution is 5.21. The molecule has 0 saturated heterocycles. The predicted molar refractivity (Wildman–Crippen MR) is 59.1 cm³/mol. The van der Waals surface area contributed by atoms with E-state index in [1.165, 1.54) is 0 Å². The molecule has 2 N–H and O–H groups in total. The van der Waals surface area contributed by atoms with Crippen LogP contribution in [0.25, 0.3) is 0 Å². The highest BCUT2D eigenvalue weighted by atomic mass is 19.1. The van der Waals surface area contributed by atoms with Gasteiger partial charge in [0.05, 0.1) is 6.10 Å². The van der Waals surface area contributed by atoms with E-state index in [9.17, 15) is 13.9 Å². The molecular formula is C12H17F2NO. The molecule has 0 amide bonds. The van der Waals surface area contributed by atoms with Crippen molar-refractivity contribution in [2.45, 2.75) is 25.9 Å². The Bertz CT molecular complexity index is 331. The smallest absolute Gasteiger partial charge is 0.129 e. The summed E-state index contributed by atoms with van der Waals surface area (Å²) in [4.78, 5) is 0. The molecule has 0 aliphatic carbocycles. The van der Waals surface area contributed by atoms with Crippen LogP contribution in [0.4, 0.5) is 8.78 Å². The number of aliphatic hydroxyl groups is 1. The van der Waals surface area contributed by atoms with Gasteiger partial charge in [-0.25, -0.2) is 8.78 Å². The number of hydrogen-bond acceptors (Lipinski definition) is 2. The minimum Gasteiger partial charge on any atom is -0.387 e. The lowest BCUT2D eigenvalue weighted by Gasteiger charge is -2.12. The Morgan fingerprint density at radius 2 is 2.12 bits per heavy atom. The first kappa shape index (κ1) is 13.1. The SMILES string of the molecule is CCCCNCC(O)c1cc(F)ccc1F. The minimum atomic E-state index is -1.01. The molecule has 1 aromatic rings. The van der Waals surface area contributed by atoms with Crippen molar-refractivity contribution in [1.29, 1.82) is 0 Å². The number of hydrogen-bond donors (Lipinski definition) is 2. The Kier molecular flexibility index (Phi) is 5.35. The van der Waals surface area contributed by atoms with E-state index in [0.717, 1.165) is 37.6 Å². The van der Waals surface area contributed by atoms with Gasteiger partial charge < -0.3 is 10.4 Å². The molecule has 1 aromatic carbocycles. The molecule has 1 unspecified atom stereocenters. The molecular weight excluding hydrogens is 212 g/mol. The fourth-order valence-electron chi connectivity index (χ4n) is 1.42. The second-order valence-electron chi connectivity index (χ2n) is 3.74. The van der Waals surface area contributed by atoms with E-state index in [-0.39, 0.29) is 12.1 Å². The molecule has 0 bridgehead atoms. The summed E-state index contributed by atoms with van der Waals surface area (Å²) < 4.78 is 26.1. The molecule has 0 saturated carbocycles. The van der Waals surface area contributed by atoms with E-state index in [1.54, 1.807) is 0 Å². The first-order valence-electron chi connectivity index (χ1n) is 5.49. The molecule has 0 fully saturated rings. The molecule has 16 heavy (non-hydrogen) atoms. The molecule has 1 rings (SSSR count). The van der Waals surface area contributed by atoms with Gasteiger partial charge in [0, 0.05) is 12.1 Å². The number of benzene rings is 1. The maximum absolute atomic E-state index is 13.2. The summed E-state index contributed by atoms with van der Waals surface area (Å²) >= 11 is 0. The molecule has 90 valence electrons. The summed E-state index contributed by atoms with van der Waals surface area (Å²) in [6.07, 6.45) is 1.04. The maximum Gasteiger partial charge on any atom is 0.129 e. The van der Waals surface area contributed by atoms with Crippen LogP contribution < -0.4 is 5.32 Å². The normalized spacial score (nSPS) is 12.8. The van der Waals surface area contributed by atoms with Crippen LogP contribution in [-0.2, 0) is 0 Å². The van der Waals surface area contributed by atoms with E-state index in [2.05, 4.69) is 12.2 Å². The second kappa shape index (κ2) is 6.55. The van der Waals surface area contributed by atoms with E-state index >= 15 is 0 Å².